The van der Waals surface area contributed by atoms with Crippen molar-refractivity contribution in [1.29, 1.82) is 0 Å². The Hall–Kier alpha value is -1.88. The molecule has 6 heteroatoms. The molecule has 3 aromatic rings. The molecule has 0 spiro atoms. The van der Waals surface area contributed by atoms with Crippen LogP contribution in [0.25, 0.3) is 11.4 Å². The van der Waals surface area contributed by atoms with E-state index in [1.807, 2.05) is 30.3 Å². The van der Waals surface area contributed by atoms with Crippen molar-refractivity contribution in [3.05, 3.63) is 70.0 Å². The largest absolute Gasteiger partial charge is 0.337 e. The van der Waals surface area contributed by atoms with Crippen molar-refractivity contribution >= 4 is 23.2 Å². The second kappa shape index (κ2) is 5.85. The first kappa shape index (κ1) is 14.1. The topological polar surface area (TPSA) is 64.9 Å². The van der Waals surface area contributed by atoms with Crippen molar-refractivity contribution < 1.29 is 4.52 Å². The van der Waals surface area contributed by atoms with Crippen molar-refractivity contribution in [3.8, 4) is 11.4 Å². The quantitative estimate of drug-likeness (QED) is 0.789. The van der Waals surface area contributed by atoms with Crippen LogP contribution in [-0.2, 0) is 0 Å². The zero-order valence-corrected chi connectivity index (χ0v) is 12.3. The monoisotopic (exact) mass is 319 g/mol. The molecule has 4 nitrogen and oxygen atoms in total. The van der Waals surface area contributed by atoms with Crippen LogP contribution in [0, 0.1) is 0 Å². The van der Waals surface area contributed by atoms with Gasteiger partial charge in [0.1, 0.15) is 6.04 Å². The summed E-state index contributed by atoms with van der Waals surface area (Å²) >= 11 is 11.9. The molecule has 0 saturated carbocycles. The number of nitrogens with zero attached hydrogens (tertiary/aromatic N) is 2. The highest BCUT2D eigenvalue weighted by atomic mass is 35.5. The lowest BCUT2D eigenvalue weighted by Crippen LogP contribution is -2.11. The van der Waals surface area contributed by atoms with Crippen LogP contribution >= 0.6 is 23.2 Å². The second-order valence-corrected chi connectivity index (χ2v) is 5.29. The van der Waals surface area contributed by atoms with Gasteiger partial charge in [0.05, 0.1) is 10.0 Å². The number of halogens is 2. The molecule has 3 rings (SSSR count). The first-order valence-electron chi connectivity index (χ1n) is 6.24. The van der Waals surface area contributed by atoms with E-state index in [4.69, 9.17) is 33.5 Å². The number of rotatable bonds is 3. The van der Waals surface area contributed by atoms with Gasteiger partial charge in [0, 0.05) is 5.56 Å². The Labute approximate surface area is 131 Å². The van der Waals surface area contributed by atoms with Crippen LogP contribution in [-0.4, -0.2) is 10.1 Å². The lowest BCUT2D eigenvalue weighted by atomic mass is 10.1. The maximum atomic E-state index is 6.12. The fraction of sp³-hybridized carbons (Fsp3) is 0.0667. The molecule has 1 heterocycles. The predicted molar refractivity (Wildman–Crippen MR) is 82.2 cm³/mol. The van der Waals surface area contributed by atoms with Crippen LogP contribution in [0.3, 0.4) is 0 Å². The van der Waals surface area contributed by atoms with Gasteiger partial charge in [-0.25, -0.2) is 0 Å². The maximum Gasteiger partial charge on any atom is 0.248 e. The normalized spacial score (nSPS) is 12.3. The van der Waals surface area contributed by atoms with Crippen molar-refractivity contribution in [2.75, 3.05) is 0 Å². The van der Waals surface area contributed by atoms with E-state index >= 15 is 0 Å². The Morgan fingerprint density at radius 1 is 1.00 bits per heavy atom. The lowest BCUT2D eigenvalue weighted by molar-refractivity contribution is 0.367. The summed E-state index contributed by atoms with van der Waals surface area (Å²) in [4.78, 5) is 4.32. The van der Waals surface area contributed by atoms with E-state index in [0.717, 1.165) is 11.1 Å². The minimum Gasteiger partial charge on any atom is -0.337 e. The molecule has 1 unspecified atom stereocenters. The molecule has 1 atom stereocenters. The van der Waals surface area contributed by atoms with Gasteiger partial charge in [-0.3, -0.25) is 0 Å². The van der Waals surface area contributed by atoms with Crippen LogP contribution in [0.15, 0.2) is 53.1 Å². The molecule has 106 valence electrons. The first-order chi connectivity index (χ1) is 10.1. The number of benzene rings is 2. The molecular weight excluding hydrogens is 309 g/mol. The zero-order chi connectivity index (χ0) is 14.8. The smallest absolute Gasteiger partial charge is 0.248 e. The van der Waals surface area contributed by atoms with Gasteiger partial charge >= 0.3 is 0 Å². The fourth-order valence-electron chi connectivity index (χ4n) is 1.92. The molecule has 1 aromatic heterocycles. The highest BCUT2D eigenvalue weighted by Crippen LogP contribution is 2.28. The van der Waals surface area contributed by atoms with Gasteiger partial charge in [-0.1, -0.05) is 58.7 Å². The van der Waals surface area contributed by atoms with E-state index in [9.17, 15) is 0 Å². The Balaban J connectivity index is 1.91. The predicted octanol–water partition coefficient (Wildman–Crippen LogP) is 4.09. The molecule has 0 saturated heterocycles. The van der Waals surface area contributed by atoms with Gasteiger partial charge in [-0.15, -0.1) is 0 Å². The molecule has 0 bridgehead atoms. The Kier molecular flexibility index (Phi) is 3.92. The van der Waals surface area contributed by atoms with Gasteiger partial charge in [0.2, 0.25) is 11.7 Å². The average Bonchev–Trinajstić information content (AvgIpc) is 3.00. The summed E-state index contributed by atoms with van der Waals surface area (Å²) in [6.07, 6.45) is 0. The number of nitrogens with two attached hydrogens (primary N) is 1. The molecule has 21 heavy (non-hydrogen) atoms. The molecule has 0 aliphatic heterocycles. The third kappa shape index (κ3) is 2.93. The third-order valence-electron chi connectivity index (χ3n) is 3.04. The SMILES string of the molecule is NC(c1ccccc1)c1nc(-c2ccc(Cl)c(Cl)c2)no1. The van der Waals surface area contributed by atoms with Crippen LogP contribution < -0.4 is 5.73 Å². The Morgan fingerprint density at radius 2 is 1.76 bits per heavy atom. The van der Waals surface area contributed by atoms with E-state index in [-0.39, 0.29) is 0 Å². The van der Waals surface area contributed by atoms with E-state index < -0.39 is 6.04 Å². The van der Waals surface area contributed by atoms with Gasteiger partial charge in [0.25, 0.3) is 0 Å². The molecule has 0 aliphatic rings. The summed E-state index contributed by atoms with van der Waals surface area (Å²) in [5.74, 6) is 0.775. The Morgan fingerprint density at radius 3 is 2.48 bits per heavy atom. The lowest BCUT2D eigenvalue weighted by Gasteiger charge is -2.05. The summed E-state index contributed by atoms with van der Waals surface area (Å²) in [5.41, 5.74) is 7.74. The average molecular weight is 320 g/mol. The van der Waals surface area contributed by atoms with Crippen molar-refractivity contribution in [3.63, 3.8) is 0 Å². The summed E-state index contributed by atoms with van der Waals surface area (Å²) in [6, 6.07) is 14.2. The summed E-state index contributed by atoms with van der Waals surface area (Å²) in [7, 11) is 0. The van der Waals surface area contributed by atoms with Gasteiger partial charge in [0.15, 0.2) is 0 Å². The van der Waals surface area contributed by atoms with Crippen molar-refractivity contribution in [2.24, 2.45) is 5.73 Å². The van der Waals surface area contributed by atoms with Crippen molar-refractivity contribution in [1.82, 2.24) is 10.1 Å². The molecule has 0 aliphatic carbocycles. The van der Waals surface area contributed by atoms with E-state index in [0.29, 0.717) is 21.8 Å². The molecule has 2 N–H and O–H groups in total. The standard InChI is InChI=1S/C15H11Cl2N3O/c16-11-7-6-10(8-12(11)17)14-19-15(21-20-14)13(18)9-4-2-1-3-5-9/h1-8,13H,18H2. The molecular formula is C15H11Cl2N3O. The van der Waals surface area contributed by atoms with Crippen LogP contribution in [0.2, 0.25) is 10.0 Å². The minimum absolute atomic E-state index is 0.349. The summed E-state index contributed by atoms with van der Waals surface area (Å²) in [6.45, 7) is 0. The van der Waals surface area contributed by atoms with Crippen molar-refractivity contribution in [2.45, 2.75) is 6.04 Å². The van der Waals surface area contributed by atoms with E-state index in [1.54, 1.807) is 18.2 Å². The van der Waals surface area contributed by atoms with E-state index in [1.165, 1.54) is 0 Å². The van der Waals surface area contributed by atoms with Crippen LogP contribution in [0.5, 0.6) is 0 Å². The summed E-state index contributed by atoms with van der Waals surface area (Å²) in [5, 5.41) is 4.85. The van der Waals surface area contributed by atoms with Crippen LogP contribution in [0.4, 0.5) is 0 Å². The highest BCUT2D eigenvalue weighted by Gasteiger charge is 2.17. The number of hydrogen-bond acceptors (Lipinski definition) is 4. The van der Waals surface area contributed by atoms with Crippen LogP contribution in [0.1, 0.15) is 17.5 Å². The third-order valence-corrected chi connectivity index (χ3v) is 3.78. The minimum atomic E-state index is -0.463. The second-order valence-electron chi connectivity index (χ2n) is 4.47. The first-order valence-corrected chi connectivity index (χ1v) is 7.00. The Bertz CT molecular complexity index is 759. The number of aromatic nitrogens is 2. The molecule has 0 radical (unpaired) electrons. The zero-order valence-electron chi connectivity index (χ0n) is 10.8. The molecule has 0 amide bonds. The maximum absolute atomic E-state index is 6.12. The highest BCUT2D eigenvalue weighted by molar-refractivity contribution is 6.42. The fourth-order valence-corrected chi connectivity index (χ4v) is 2.22. The number of hydrogen-bond donors (Lipinski definition) is 1. The molecule has 0 fully saturated rings. The van der Waals surface area contributed by atoms with Gasteiger partial charge in [-0.05, 0) is 23.8 Å². The van der Waals surface area contributed by atoms with Gasteiger partial charge in [-0.2, -0.15) is 4.98 Å². The van der Waals surface area contributed by atoms with Gasteiger partial charge < -0.3 is 10.3 Å². The molecule has 2 aromatic carbocycles. The summed E-state index contributed by atoms with van der Waals surface area (Å²) < 4.78 is 5.24. The van der Waals surface area contributed by atoms with E-state index in [2.05, 4.69) is 10.1 Å².